The number of aromatic nitrogens is 3. The first kappa shape index (κ1) is 15.7. The van der Waals surface area contributed by atoms with Crippen molar-refractivity contribution in [1.29, 1.82) is 0 Å². The molecule has 114 valence electrons. The summed E-state index contributed by atoms with van der Waals surface area (Å²) in [6.07, 6.45) is 2.61. The highest BCUT2D eigenvalue weighted by Crippen LogP contribution is 2.22. The van der Waals surface area contributed by atoms with Gasteiger partial charge >= 0.3 is 0 Å². The minimum absolute atomic E-state index is 0.566. The highest BCUT2D eigenvalue weighted by atomic mass is 32.1. The predicted octanol–water partition coefficient (Wildman–Crippen LogP) is 2.41. The summed E-state index contributed by atoms with van der Waals surface area (Å²) < 4.78 is 5.83. The Bertz CT molecular complexity index is 599. The molecule has 0 saturated carbocycles. The molecule has 0 radical (unpaired) electrons. The lowest BCUT2D eigenvalue weighted by Crippen LogP contribution is -2.14. The minimum atomic E-state index is 0.566. The molecule has 0 saturated heterocycles. The van der Waals surface area contributed by atoms with Crippen LogP contribution in [0.5, 0.6) is 5.88 Å². The predicted molar refractivity (Wildman–Crippen MR) is 84.6 cm³/mol. The summed E-state index contributed by atoms with van der Waals surface area (Å²) in [7, 11) is 0. The van der Waals surface area contributed by atoms with Crippen LogP contribution < -0.4 is 16.0 Å². The van der Waals surface area contributed by atoms with E-state index in [1.807, 2.05) is 19.4 Å². The fourth-order valence-corrected chi connectivity index (χ4v) is 2.73. The zero-order chi connectivity index (χ0) is 15.2. The van der Waals surface area contributed by atoms with Gasteiger partial charge in [0.1, 0.15) is 11.6 Å². The van der Waals surface area contributed by atoms with E-state index in [-0.39, 0.29) is 0 Å². The van der Waals surface area contributed by atoms with Crippen LogP contribution in [0.4, 0.5) is 5.82 Å². The number of ether oxygens (including phenoxy) is 1. The fraction of sp³-hybridized carbons (Fsp3) is 0.500. The van der Waals surface area contributed by atoms with Gasteiger partial charge in [0.15, 0.2) is 0 Å². The van der Waals surface area contributed by atoms with E-state index in [4.69, 9.17) is 10.6 Å². The highest BCUT2D eigenvalue weighted by Gasteiger charge is 2.11. The summed E-state index contributed by atoms with van der Waals surface area (Å²) in [6.45, 7) is 6.57. The van der Waals surface area contributed by atoms with Gasteiger partial charge in [-0.3, -0.25) is 0 Å². The Morgan fingerprint density at radius 1 is 1.29 bits per heavy atom. The lowest BCUT2D eigenvalue weighted by Gasteiger charge is -2.12. The number of nitrogens with one attached hydrogen (secondary N) is 1. The zero-order valence-corrected chi connectivity index (χ0v) is 13.5. The largest absolute Gasteiger partial charge is 0.477 e. The molecule has 0 spiro atoms. The quantitative estimate of drug-likeness (QED) is 0.603. The van der Waals surface area contributed by atoms with Gasteiger partial charge < -0.3 is 10.2 Å². The van der Waals surface area contributed by atoms with Gasteiger partial charge in [0, 0.05) is 17.7 Å². The third-order valence-electron chi connectivity index (χ3n) is 3.17. The Morgan fingerprint density at radius 3 is 2.71 bits per heavy atom. The van der Waals surface area contributed by atoms with E-state index in [2.05, 4.69) is 27.3 Å². The molecule has 0 aliphatic heterocycles. The van der Waals surface area contributed by atoms with Crippen LogP contribution >= 0.6 is 11.3 Å². The summed E-state index contributed by atoms with van der Waals surface area (Å²) in [5.74, 6) is 7.48. The number of nitrogens with zero attached hydrogens (tertiary/aromatic N) is 3. The minimum Gasteiger partial charge on any atom is -0.477 e. The van der Waals surface area contributed by atoms with E-state index in [1.165, 1.54) is 4.88 Å². The molecular formula is C14H21N5OS. The molecule has 0 aliphatic rings. The zero-order valence-electron chi connectivity index (χ0n) is 12.6. The molecule has 0 aliphatic carbocycles. The number of nitrogens with two attached hydrogens (primary N) is 1. The fourth-order valence-electron chi connectivity index (χ4n) is 1.96. The molecule has 2 heterocycles. The summed E-state index contributed by atoms with van der Waals surface area (Å²) in [5.41, 5.74) is 6.37. The molecule has 3 N–H and O–H groups in total. The Hall–Kier alpha value is -1.73. The molecule has 2 aromatic rings. The van der Waals surface area contributed by atoms with Gasteiger partial charge in [-0.05, 0) is 20.3 Å². The molecule has 21 heavy (non-hydrogen) atoms. The number of hydrogen-bond acceptors (Lipinski definition) is 7. The average Bonchev–Trinajstić information content (AvgIpc) is 2.88. The molecule has 0 fully saturated rings. The summed E-state index contributed by atoms with van der Waals surface area (Å²) in [5, 5.41) is 0. The van der Waals surface area contributed by atoms with Crippen LogP contribution in [0, 0.1) is 13.8 Å². The van der Waals surface area contributed by atoms with Gasteiger partial charge in [-0.2, -0.15) is 4.98 Å². The lowest BCUT2D eigenvalue weighted by atomic mass is 10.3. The van der Waals surface area contributed by atoms with Crippen molar-refractivity contribution in [3.05, 3.63) is 27.5 Å². The maximum absolute atomic E-state index is 5.83. The maximum Gasteiger partial charge on any atom is 0.221 e. The maximum atomic E-state index is 5.83. The average molecular weight is 307 g/mol. The van der Waals surface area contributed by atoms with Crippen LogP contribution in [-0.2, 0) is 12.8 Å². The molecule has 0 bridgehead atoms. The molecule has 0 aromatic carbocycles. The van der Waals surface area contributed by atoms with Gasteiger partial charge in [-0.1, -0.05) is 6.92 Å². The van der Waals surface area contributed by atoms with Crippen LogP contribution in [0.3, 0.4) is 0 Å². The first-order valence-corrected chi connectivity index (χ1v) is 7.89. The molecule has 7 heteroatoms. The molecule has 0 unspecified atom stereocenters. The van der Waals surface area contributed by atoms with Crippen LogP contribution in [0.1, 0.15) is 35.3 Å². The van der Waals surface area contributed by atoms with Crippen LogP contribution in [0.2, 0.25) is 0 Å². The van der Waals surface area contributed by atoms with Gasteiger partial charge in [0.05, 0.1) is 23.4 Å². The summed E-state index contributed by atoms with van der Waals surface area (Å²) in [4.78, 5) is 14.3. The van der Waals surface area contributed by atoms with E-state index < -0.39 is 0 Å². The second-order valence-electron chi connectivity index (χ2n) is 4.77. The molecule has 2 rings (SSSR count). The molecule has 0 atom stereocenters. The lowest BCUT2D eigenvalue weighted by molar-refractivity contribution is 0.306. The molecule has 6 nitrogen and oxygen atoms in total. The number of hydrazine groups is 1. The van der Waals surface area contributed by atoms with Crippen molar-refractivity contribution in [3.63, 3.8) is 0 Å². The molecular weight excluding hydrogens is 286 g/mol. The topological polar surface area (TPSA) is 86.0 Å². The first-order chi connectivity index (χ1) is 10.2. The van der Waals surface area contributed by atoms with Crippen LogP contribution in [0.15, 0.2) is 5.51 Å². The van der Waals surface area contributed by atoms with Crippen molar-refractivity contribution in [2.45, 2.75) is 40.0 Å². The van der Waals surface area contributed by atoms with Gasteiger partial charge in [-0.25, -0.2) is 15.8 Å². The van der Waals surface area contributed by atoms with Gasteiger partial charge in [-0.15, -0.1) is 11.3 Å². The van der Waals surface area contributed by atoms with E-state index in [0.29, 0.717) is 18.3 Å². The SMILES string of the molecule is CCCc1nc(NN)c(C)c(OCCc2scnc2C)n1. The number of thiazole rings is 1. The summed E-state index contributed by atoms with van der Waals surface area (Å²) in [6, 6.07) is 0. The number of hydrogen-bond donors (Lipinski definition) is 2. The normalized spacial score (nSPS) is 10.7. The van der Waals surface area contributed by atoms with Crippen molar-refractivity contribution in [2.24, 2.45) is 5.84 Å². The Balaban J connectivity index is 2.07. The number of nitrogen functional groups attached to an aromatic ring is 1. The summed E-state index contributed by atoms with van der Waals surface area (Å²) >= 11 is 1.65. The number of aryl methyl sites for hydroxylation is 2. The Morgan fingerprint density at radius 2 is 2.10 bits per heavy atom. The standard InChI is InChI=1S/C14H21N5OS/c1-4-5-12-17-13(19-15)9(2)14(18-12)20-7-6-11-10(3)16-8-21-11/h8H,4-7,15H2,1-3H3,(H,17,18,19). The second-order valence-corrected chi connectivity index (χ2v) is 5.71. The van der Waals surface area contributed by atoms with Crippen molar-refractivity contribution in [2.75, 3.05) is 12.0 Å². The van der Waals surface area contributed by atoms with Gasteiger partial charge in [0.2, 0.25) is 5.88 Å². The monoisotopic (exact) mass is 307 g/mol. The Kier molecular flexibility index (Phi) is 5.46. The third kappa shape index (κ3) is 3.89. The van der Waals surface area contributed by atoms with E-state index in [9.17, 15) is 0 Å². The first-order valence-electron chi connectivity index (χ1n) is 7.01. The van der Waals surface area contributed by atoms with E-state index in [0.717, 1.165) is 36.3 Å². The van der Waals surface area contributed by atoms with Crippen molar-refractivity contribution in [1.82, 2.24) is 15.0 Å². The van der Waals surface area contributed by atoms with E-state index >= 15 is 0 Å². The second kappa shape index (κ2) is 7.33. The van der Waals surface area contributed by atoms with Crippen molar-refractivity contribution < 1.29 is 4.74 Å². The van der Waals surface area contributed by atoms with Crippen LogP contribution in [0.25, 0.3) is 0 Å². The molecule has 0 amide bonds. The Labute approximate surface area is 128 Å². The number of rotatable bonds is 7. The number of anilines is 1. The molecule has 2 aromatic heterocycles. The van der Waals surface area contributed by atoms with Crippen molar-refractivity contribution in [3.8, 4) is 5.88 Å². The van der Waals surface area contributed by atoms with Crippen LogP contribution in [-0.4, -0.2) is 21.6 Å². The highest BCUT2D eigenvalue weighted by molar-refractivity contribution is 7.09. The van der Waals surface area contributed by atoms with E-state index in [1.54, 1.807) is 11.3 Å². The third-order valence-corrected chi connectivity index (χ3v) is 4.17. The van der Waals surface area contributed by atoms with Crippen molar-refractivity contribution >= 4 is 17.2 Å². The van der Waals surface area contributed by atoms with Gasteiger partial charge in [0.25, 0.3) is 0 Å². The smallest absolute Gasteiger partial charge is 0.221 e.